The third kappa shape index (κ3) is 4.45. The van der Waals surface area contributed by atoms with E-state index in [2.05, 4.69) is 15.5 Å². The predicted octanol–water partition coefficient (Wildman–Crippen LogP) is 3.77. The van der Waals surface area contributed by atoms with Gasteiger partial charge in [-0.25, -0.2) is 8.42 Å². The standard InChI is InChI=1S/C18H22ClN3O3S/c1-26(24,25)16-7-6-13(11-15(16)19)14(10-12-4-2-3-5-12)18(23)21-17-8-9-20-22-17/h6-9,11-12,14H,2-5,10H2,1H3,(H2,20,21,22,23). The topological polar surface area (TPSA) is 91.9 Å². The molecule has 26 heavy (non-hydrogen) atoms. The second-order valence-electron chi connectivity index (χ2n) is 6.86. The van der Waals surface area contributed by atoms with Gasteiger partial charge in [-0.2, -0.15) is 5.10 Å². The molecule has 8 heteroatoms. The first-order valence-corrected chi connectivity index (χ1v) is 10.9. The number of anilines is 1. The molecule has 2 N–H and O–H groups in total. The van der Waals surface area contributed by atoms with Gasteiger partial charge in [-0.05, 0) is 30.0 Å². The lowest BCUT2D eigenvalue weighted by Crippen LogP contribution is -2.23. The van der Waals surface area contributed by atoms with E-state index in [-0.39, 0.29) is 15.8 Å². The lowest BCUT2D eigenvalue weighted by Gasteiger charge is -2.21. The quantitative estimate of drug-likeness (QED) is 0.778. The molecule has 2 aromatic rings. The number of halogens is 1. The summed E-state index contributed by atoms with van der Waals surface area (Å²) in [4.78, 5) is 13.0. The van der Waals surface area contributed by atoms with Crippen LogP contribution in [0.5, 0.6) is 0 Å². The van der Waals surface area contributed by atoms with E-state index >= 15 is 0 Å². The van der Waals surface area contributed by atoms with Crippen molar-refractivity contribution in [2.75, 3.05) is 11.6 Å². The van der Waals surface area contributed by atoms with E-state index in [0.29, 0.717) is 18.2 Å². The number of aromatic nitrogens is 2. The van der Waals surface area contributed by atoms with Gasteiger partial charge in [-0.1, -0.05) is 43.4 Å². The zero-order valence-corrected chi connectivity index (χ0v) is 16.1. The highest BCUT2D eigenvalue weighted by Crippen LogP contribution is 2.36. The lowest BCUT2D eigenvalue weighted by molar-refractivity contribution is -0.118. The third-order valence-corrected chi connectivity index (χ3v) is 6.46. The van der Waals surface area contributed by atoms with Gasteiger partial charge in [0.25, 0.3) is 0 Å². The summed E-state index contributed by atoms with van der Waals surface area (Å²) in [6, 6.07) is 6.46. The predicted molar refractivity (Wildman–Crippen MR) is 101 cm³/mol. The van der Waals surface area contributed by atoms with Crippen molar-refractivity contribution >= 4 is 33.2 Å². The van der Waals surface area contributed by atoms with E-state index < -0.39 is 15.8 Å². The van der Waals surface area contributed by atoms with Gasteiger partial charge in [0.15, 0.2) is 9.84 Å². The first-order chi connectivity index (χ1) is 12.3. The van der Waals surface area contributed by atoms with Crippen molar-refractivity contribution in [1.29, 1.82) is 0 Å². The van der Waals surface area contributed by atoms with Crippen LogP contribution < -0.4 is 5.32 Å². The van der Waals surface area contributed by atoms with Crippen LogP contribution in [0.4, 0.5) is 5.82 Å². The fourth-order valence-corrected chi connectivity index (χ4v) is 4.89. The molecule has 0 radical (unpaired) electrons. The van der Waals surface area contributed by atoms with E-state index in [9.17, 15) is 13.2 Å². The molecule has 140 valence electrons. The number of hydrogen-bond acceptors (Lipinski definition) is 4. The van der Waals surface area contributed by atoms with Gasteiger partial charge in [-0.3, -0.25) is 9.89 Å². The molecule has 1 unspecified atom stereocenters. The minimum absolute atomic E-state index is 0.0801. The Hall–Kier alpha value is -1.86. The normalized spacial score (nSPS) is 16.5. The maximum absolute atomic E-state index is 12.9. The van der Waals surface area contributed by atoms with Crippen LogP contribution in [-0.4, -0.2) is 30.8 Å². The zero-order valence-electron chi connectivity index (χ0n) is 14.5. The number of rotatable bonds is 6. The smallest absolute Gasteiger partial charge is 0.233 e. The molecule has 6 nitrogen and oxygen atoms in total. The number of hydrogen-bond donors (Lipinski definition) is 2. The maximum atomic E-state index is 12.9. The molecule has 1 amide bonds. The minimum atomic E-state index is -3.41. The Morgan fingerprint density at radius 2 is 2.08 bits per heavy atom. The molecular weight excluding hydrogens is 374 g/mol. The number of carbonyl (C=O) groups is 1. The number of nitrogens with one attached hydrogen (secondary N) is 2. The zero-order chi connectivity index (χ0) is 18.7. The average molecular weight is 396 g/mol. The summed E-state index contributed by atoms with van der Waals surface area (Å²) in [6.07, 6.45) is 8.01. The summed E-state index contributed by atoms with van der Waals surface area (Å²) in [6.45, 7) is 0. The molecule has 1 aliphatic rings. The van der Waals surface area contributed by atoms with Crippen molar-refractivity contribution in [3.63, 3.8) is 0 Å². The van der Waals surface area contributed by atoms with Crippen molar-refractivity contribution in [2.45, 2.75) is 42.9 Å². The number of aromatic amines is 1. The number of nitrogens with zero attached hydrogens (tertiary/aromatic N) is 1. The Morgan fingerprint density at radius 3 is 2.65 bits per heavy atom. The van der Waals surface area contributed by atoms with Gasteiger partial charge in [-0.15, -0.1) is 0 Å². The van der Waals surface area contributed by atoms with Crippen molar-refractivity contribution in [1.82, 2.24) is 10.2 Å². The monoisotopic (exact) mass is 395 g/mol. The first kappa shape index (κ1) is 18.9. The highest BCUT2D eigenvalue weighted by molar-refractivity contribution is 7.90. The van der Waals surface area contributed by atoms with E-state index in [1.54, 1.807) is 24.4 Å². The summed E-state index contributed by atoms with van der Waals surface area (Å²) >= 11 is 6.20. The van der Waals surface area contributed by atoms with Gasteiger partial charge < -0.3 is 5.32 Å². The van der Waals surface area contributed by atoms with Crippen LogP contribution in [0.3, 0.4) is 0 Å². The maximum Gasteiger partial charge on any atom is 0.233 e. The van der Waals surface area contributed by atoms with Crippen molar-refractivity contribution in [2.24, 2.45) is 5.92 Å². The fraction of sp³-hybridized carbons (Fsp3) is 0.444. The molecule has 1 aromatic carbocycles. The van der Waals surface area contributed by atoms with E-state index in [1.807, 2.05) is 0 Å². The lowest BCUT2D eigenvalue weighted by atomic mass is 9.87. The largest absolute Gasteiger partial charge is 0.311 e. The van der Waals surface area contributed by atoms with Gasteiger partial charge in [0.05, 0.1) is 22.0 Å². The molecule has 1 fully saturated rings. The number of H-pyrrole nitrogens is 1. The summed E-state index contributed by atoms with van der Waals surface area (Å²) < 4.78 is 23.6. The van der Waals surface area contributed by atoms with Crippen LogP contribution >= 0.6 is 11.6 Å². The van der Waals surface area contributed by atoms with Crippen LogP contribution in [-0.2, 0) is 14.6 Å². The Morgan fingerprint density at radius 1 is 1.35 bits per heavy atom. The Kier molecular flexibility index (Phi) is 5.67. The molecule has 1 aliphatic carbocycles. The van der Waals surface area contributed by atoms with E-state index in [1.165, 1.54) is 18.9 Å². The van der Waals surface area contributed by atoms with Crippen LogP contribution in [0, 0.1) is 5.92 Å². The van der Waals surface area contributed by atoms with Crippen LogP contribution in [0.25, 0.3) is 0 Å². The number of carbonyl (C=O) groups excluding carboxylic acids is 1. The van der Waals surface area contributed by atoms with Crippen LogP contribution in [0.2, 0.25) is 5.02 Å². The molecule has 0 bridgehead atoms. The van der Waals surface area contributed by atoms with Gasteiger partial charge in [0, 0.05) is 12.3 Å². The van der Waals surface area contributed by atoms with Crippen molar-refractivity contribution in [3.8, 4) is 0 Å². The summed E-state index contributed by atoms with van der Waals surface area (Å²) in [7, 11) is -3.41. The summed E-state index contributed by atoms with van der Waals surface area (Å²) in [5.41, 5.74) is 0.728. The van der Waals surface area contributed by atoms with E-state index in [4.69, 9.17) is 11.6 Å². The molecule has 1 heterocycles. The van der Waals surface area contributed by atoms with Crippen LogP contribution in [0.1, 0.15) is 43.6 Å². The average Bonchev–Trinajstić information content (AvgIpc) is 3.24. The molecule has 0 spiro atoms. The second-order valence-corrected chi connectivity index (χ2v) is 9.25. The fourth-order valence-electron chi connectivity index (χ4n) is 3.55. The minimum Gasteiger partial charge on any atom is -0.311 e. The highest BCUT2D eigenvalue weighted by Gasteiger charge is 2.28. The molecule has 1 aromatic heterocycles. The summed E-state index contributed by atoms with van der Waals surface area (Å²) in [5.74, 6) is 0.475. The van der Waals surface area contributed by atoms with Gasteiger partial charge in [0.2, 0.25) is 5.91 Å². The second kappa shape index (κ2) is 7.80. The number of sulfone groups is 1. The molecular formula is C18H22ClN3O3S. The third-order valence-electron chi connectivity index (χ3n) is 4.88. The molecule has 1 saturated carbocycles. The number of amides is 1. The van der Waals surface area contributed by atoms with Gasteiger partial charge >= 0.3 is 0 Å². The molecule has 3 rings (SSSR count). The van der Waals surface area contributed by atoms with Crippen LogP contribution in [0.15, 0.2) is 35.4 Å². The SMILES string of the molecule is CS(=O)(=O)c1ccc(C(CC2CCCC2)C(=O)Nc2ccn[nH]2)cc1Cl. The molecule has 1 atom stereocenters. The Balaban J connectivity index is 1.89. The summed E-state index contributed by atoms with van der Waals surface area (Å²) in [5, 5.41) is 9.55. The van der Waals surface area contributed by atoms with Crippen molar-refractivity contribution in [3.05, 3.63) is 41.0 Å². The Labute approximate surface area is 158 Å². The Bertz CT molecular complexity index is 875. The molecule has 0 aliphatic heterocycles. The first-order valence-electron chi connectivity index (χ1n) is 8.64. The number of benzene rings is 1. The van der Waals surface area contributed by atoms with Gasteiger partial charge in [0.1, 0.15) is 5.82 Å². The highest BCUT2D eigenvalue weighted by atomic mass is 35.5. The van der Waals surface area contributed by atoms with E-state index in [0.717, 1.165) is 24.7 Å². The van der Waals surface area contributed by atoms with Crippen molar-refractivity contribution < 1.29 is 13.2 Å². The molecule has 0 saturated heterocycles.